The molecule has 0 aliphatic carbocycles. The molecule has 8 nitrogen and oxygen atoms in total. The molecule has 0 spiro atoms. The van der Waals surface area contributed by atoms with E-state index in [1.165, 1.54) is 9.13 Å². The van der Waals surface area contributed by atoms with Crippen LogP contribution in [0.2, 0.25) is 0 Å². The molecule has 0 radical (unpaired) electrons. The number of nitrogens with zero attached hydrogens (tertiary/aromatic N) is 4. The minimum Gasteiger partial charge on any atom is -0.497 e. The molecule has 33 heavy (non-hydrogen) atoms. The second kappa shape index (κ2) is 7.95. The van der Waals surface area contributed by atoms with Gasteiger partial charge in [0.25, 0.3) is 5.56 Å². The van der Waals surface area contributed by atoms with Crippen molar-refractivity contribution in [2.45, 2.75) is 26.9 Å². The third-order valence-electron chi connectivity index (χ3n) is 6.35. The molecule has 1 N–H and O–H groups in total. The fourth-order valence-corrected chi connectivity index (χ4v) is 4.60. The molecule has 0 unspecified atom stereocenters. The van der Waals surface area contributed by atoms with Crippen molar-refractivity contribution in [3.63, 3.8) is 0 Å². The highest BCUT2D eigenvalue weighted by Crippen LogP contribution is 2.30. The fourth-order valence-electron chi connectivity index (χ4n) is 4.60. The number of aromatic nitrogens is 4. The molecule has 8 heteroatoms. The Bertz CT molecular complexity index is 1460. The van der Waals surface area contributed by atoms with Crippen LogP contribution in [0.3, 0.4) is 0 Å². The zero-order chi connectivity index (χ0) is 23.3. The Balaban J connectivity index is 1.70. The Morgan fingerprint density at radius 1 is 1.15 bits per heavy atom. The van der Waals surface area contributed by atoms with E-state index in [1.54, 1.807) is 14.2 Å². The van der Waals surface area contributed by atoms with Gasteiger partial charge in [0.1, 0.15) is 11.4 Å². The number of aromatic amines is 1. The number of anilines is 2. The summed E-state index contributed by atoms with van der Waals surface area (Å²) in [7, 11) is 3.35. The Kier molecular flexibility index (Phi) is 5.08. The smallest absolute Gasteiger partial charge is 0.364 e. The topological polar surface area (TPSA) is 76.1 Å². The van der Waals surface area contributed by atoms with Crippen molar-refractivity contribution in [1.29, 1.82) is 0 Å². The Morgan fingerprint density at radius 3 is 2.64 bits per heavy atom. The first-order valence-electron chi connectivity index (χ1n) is 11.1. The predicted octanol–water partition coefficient (Wildman–Crippen LogP) is 2.47. The van der Waals surface area contributed by atoms with Gasteiger partial charge in [-0.3, -0.25) is 13.9 Å². The zero-order valence-corrected chi connectivity index (χ0v) is 19.3. The van der Waals surface area contributed by atoms with Gasteiger partial charge in [-0.15, -0.1) is 0 Å². The molecule has 5 rings (SSSR count). The van der Waals surface area contributed by atoms with Crippen molar-refractivity contribution in [2.24, 2.45) is 13.0 Å². The van der Waals surface area contributed by atoms with E-state index in [-0.39, 0.29) is 17.8 Å². The number of hydrogen-bond donors (Lipinski definition) is 1. The summed E-state index contributed by atoms with van der Waals surface area (Å²) in [5, 5.41) is 0. The van der Waals surface area contributed by atoms with Crippen LogP contribution in [-0.2, 0) is 20.1 Å². The first-order valence-corrected chi connectivity index (χ1v) is 11.1. The van der Waals surface area contributed by atoms with Crippen molar-refractivity contribution < 1.29 is 9.30 Å². The number of fused-ring (bicyclic) bond motifs is 3. The first kappa shape index (κ1) is 21.1. The number of methoxy groups -OCH3 is 1. The standard InChI is InChI=1S/C25H27N5O3/c1-16-8-10-18(11-9-16)15-30-23(31)21-22(27(3)25(30)32)26-24-28(13-17(2)14-29(21)24)19-6-5-7-20(12-19)33-4/h5-12,17H,13-15H2,1-4H3/p+1/t17-/m0/s1. The summed E-state index contributed by atoms with van der Waals surface area (Å²) in [5.41, 5.74) is 3.44. The van der Waals surface area contributed by atoms with Gasteiger partial charge in [0.2, 0.25) is 11.2 Å². The molecule has 0 amide bonds. The third-order valence-corrected chi connectivity index (χ3v) is 6.35. The lowest BCUT2D eigenvalue weighted by molar-refractivity contribution is -0.669. The average molecular weight is 447 g/mol. The summed E-state index contributed by atoms with van der Waals surface area (Å²) in [6.45, 7) is 5.88. The van der Waals surface area contributed by atoms with Gasteiger partial charge in [0.15, 0.2) is 0 Å². The molecule has 0 saturated heterocycles. The molecule has 170 valence electrons. The van der Waals surface area contributed by atoms with Gasteiger partial charge in [-0.25, -0.2) is 19.2 Å². The van der Waals surface area contributed by atoms with Gasteiger partial charge in [0.05, 0.1) is 26.7 Å². The number of rotatable bonds is 4. The molecular weight excluding hydrogens is 418 g/mol. The number of H-pyrrole nitrogens is 1. The van der Waals surface area contributed by atoms with Gasteiger partial charge in [-0.05, 0) is 24.6 Å². The average Bonchev–Trinajstić information content (AvgIpc) is 3.20. The maximum atomic E-state index is 13.6. The van der Waals surface area contributed by atoms with Crippen molar-refractivity contribution in [3.05, 3.63) is 80.5 Å². The van der Waals surface area contributed by atoms with E-state index < -0.39 is 0 Å². The van der Waals surface area contributed by atoms with Crippen molar-refractivity contribution in [1.82, 2.24) is 14.1 Å². The summed E-state index contributed by atoms with van der Waals surface area (Å²) in [5.74, 6) is 1.85. The van der Waals surface area contributed by atoms with Gasteiger partial charge in [-0.1, -0.05) is 42.8 Å². The number of imidazole rings is 1. The molecule has 1 aliphatic rings. The van der Waals surface area contributed by atoms with Crippen LogP contribution < -0.4 is 25.5 Å². The third kappa shape index (κ3) is 3.51. The Hall–Kier alpha value is -3.81. The van der Waals surface area contributed by atoms with Crippen LogP contribution in [0.1, 0.15) is 18.1 Å². The molecule has 0 fully saturated rings. The van der Waals surface area contributed by atoms with Crippen LogP contribution in [0.15, 0.2) is 58.1 Å². The summed E-state index contributed by atoms with van der Waals surface area (Å²) in [6.07, 6.45) is 0. The number of aryl methyl sites for hydroxylation is 2. The molecule has 1 atom stereocenters. The second-order valence-electron chi connectivity index (χ2n) is 8.89. The van der Waals surface area contributed by atoms with E-state index in [2.05, 4.69) is 16.8 Å². The van der Waals surface area contributed by atoms with Crippen LogP contribution in [-0.4, -0.2) is 27.8 Å². The number of nitrogens with one attached hydrogen (secondary N) is 1. The largest absolute Gasteiger partial charge is 0.497 e. The van der Waals surface area contributed by atoms with E-state index >= 15 is 0 Å². The van der Waals surface area contributed by atoms with E-state index in [0.29, 0.717) is 23.6 Å². The van der Waals surface area contributed by atoms with Crippen molar-refractivity contribution >= 4 is 22.8 Å². The lowest BCUT2D eigenvalue weighted by Gasteiger charge is -2.26. The lowest BCUT2D eigenvalue weighted by Crippen LogP contribution is -2.52. The van der Waals surface area contributed by atoms with Gasteiger partial charge < -0.3 is 4.74 Å². The Morgan fingerprint density at radius 2 is 1.91 bits per heavy atom. The normalized spacial score (nSPS) is 15.6. The van der Waals surface area contributed by atoms with Crippen molar-refractivity contribution in [2.75, 3.05) is 18.6 Å². The monoisotopic (exact) mass is 446 g/mol. The highest BCUT2D eigenvalue weighted by atomic mass is 16.5. The van der Waals surface area contributed by atoms with Gasteiger partial charge in [0, 0.05) is 19.0 Å². The molecule has 4 aromatic rings. The van der Waals surface area contributed by atoms with Crippen LogP contribution in [0, 0.1) is 12.8 Å². The first-order chi connectivity index (χ1) is 15.9. The highest BCUT2D eigenvalue weighted by Gasteiger charge is 2.36. The quantitative estimate of drug-likeness (QED) is 0.489. The fraction of sp³-hybridized carbons (Fsp3) is 0.320. The van der Waals surface area contributed by atoms with E-state index in [9.17, 15) is 9.59 Å². The van der Waals surface area contributed by atoms with E-state index in [4.69, 9.17) is 4.74 Å². The SMILES string of the molecule is COc1cccc(N2C[C@H](C)C[n+]3c2[nH]c2c3c(=O)n(Cc3ccc(C)cc3)c(=O)n2C)c1. The molecular formula is C25H28N5O3+. The number of ether oxygens (including phenoxy) is 1. The van der Waals surface area contributed by atoms with Crippen LogP contribution in [0.5, 0.6) is 5.75 Å². The number of hydrogen-bond acceptors (Lipinski definition) is 4. The Labute approximate surface area is 191 Å². The van der Waals surface area contributed by atoms with Gasteiger partial charge >= 0.3 is 11.6 Å². The maximum Gasteiger partial charge on any atom is 0.364 e. The maximum absolute atomic E-state index is 13.6. The molecule has 2 aromatic heterocycles. The second-order valence-corrected chi connectivity index (χ2v) is 8.89. The predicted molar refractivity (Wildman–Crippen MR) is 127 cm³/mol. The van der Waals surface area contributed by atoms with Gasteiger partial charge in [-0.2, -0.15) is 0 Å². The van der Waals surface area contributed by atoms with Crippen LogP contribution in [0.4, 0.5) is 11.6 Å². The van der Waals surface area contributed by atoms with E-state index in [1.807, 2.05) is 60.0 Å². The van der Waals surface area contributed by atoms with Crippen LogP contribution >= 0.6 is 0 Å². The zero-order valence-electron chi connectivity index (χ0n) is 19.3. The summed E-state index contributed by atoms with van der Waals surface area (Å²) < 4.78 is 10.3. The summed E-state index contributed by atoms with van der Waals surface area (Å²) in [6, 6.07) is 15.7. The number of benzene rings is 2. The molecule has 1 aliphatic heterocycles. The minimum absolute atomic E-state index is 0.234. The molecule has 0 bridgehead atoms. The van der Waals surface area contributed by atoms with Crippen LogP contribution in [0.25, 0.3) is 11.2 Å². The lowest BCUT2D eigenvalue weighted by atomic mass is 10.1. The highest BCUT2D eigenvalue weighted by molar-refractivity contribution is 5.70. The van der Waals surface area contributed by atoms with Crippen molar-refractivity contribution in [3.8, 4) is 5.75 Å². The molecule has 3 heterocycles. The summed E-state index contributed by atoms with van der Waals surface area (Å²) >= 11 is 0. The molecule has 2 aromatic carbocycles. The van der Waals surface area contributed by atoms with E-state index in [0.717, 1.165) is 35.1 Å². The molecule has 0 saturated carbocycles. The summed E-state index contributed by atoms with van der Waals surface area (Å²) in [4.78, 5) is 32.3. The minimum atomic E-state index is -0.340.